The third-order valence-electron chi connectivity index (χ3n) is 2.72. The van der Waals surface area contributed by atoms with Gasteiger partial charge in [-0.3, -0.25) is 4.79 Å². The average molecular weight is 184 g/mol. The van der Waals surface area contributed by atoms with Crippen molar-refractivity contribution in [3.8, 4) is 0 Å². The summed E-state index contributed by atoms with van der Waals surface area (Å²) in [5, 5.41) is 0. The van der Waals surface area contributed by atoms with Crippen molar-refractivity contribution in [3.05, 3.63) is 0 Å². The fourth-order valence-electron chi connectivity index (χ4n) is 1.67. The molecule has 0 aliphatic heterocycles. The number of hydrogen-bond acceptors (Lipinski definition) is 1. The average Bonchev–Trinajstić information content (AvgIpc) is 2.14. The molecule has 0 amide bonds. The van der Waals surface area contributed by atoms with E-state index in [2.05, 4.69) is 20.8 Å². The van der Waals surface area contributed by atoms with E-state index in [0.717, 1.165) is 25.7 Å². The molecule has 0 atom stereocenters. The van der Waals surface area contributed by atoms with Gasteiger partial charge in [0.05, 0.1) is 0 Å². The van der Waals surface area contributed by atoms with Crippen LogP contribution in [-0.2, 0) is 4.79 Å². The number of rotatable bonds is 8. The molecule has 0 N–H and O–H groups in total. The van der Waals surface area contributed by atoms with Crippen LogP contribution in [0.5, 0.6) is 0 Å². The molecule has 0 aliphatic rings. The fourth-order valence-corrected chi connectivity index (χ4v) is 1.67. The van der Waals surface area contributed by atoms with Gasteiger partial charge in [-0.25, -0.2) is 0 Å². The normalized spacial score (nSPS) is 10.8. The van der Waals surface area contributed by atoms with Gasteiger partial charge in [-0.15, -0.1) is 0 Å². The van der Waals surface area contributed by atoms with E-state index in [1.54, 1.807) is 0 Å². The van der Waals surface area contributed by atoms with Crippen molar-refractivity contribution in [2.24, 2.45) is 5.92 Å². The van der Waals surface area contributed by atoms with E-state index in [1.165, 1.54) is 19.3 Å². The first-order valence-corrected chi connectivity index (χ1v) is 5.78. The van der Waals surface area contributed by atoms with Crippen molar-refractivity contribution in [3.63, 3.8) is 0 Å². The van der Waals surface area contributed by atoms with Crippen molar-refractivity contribution in [1.82, 2.24) is 0 Å². The van der Waals surface area contributed by atoms with Crippen molar-refractivity contribution in [2.75, 3.05) is 0 Å². The van der Waals surface area contributed by atoms with Gasteiger partial charge in [0.15, 0.2) is 0 Å². The first-order chi connectivity index (χ1) is 6.26. The van der Waals surface area contributed by atoms with Crippen molar-refractivity contribution >= 4 is 5.78 Å². The molecule has 0 rings (SSSR count). The molecule has 0 aliphatic carbocycles. The molecule has 0 aromatic rings. The highest BCUT2D eigenvalue weighted by molar-refractivity contribution is 5.80. The maximum Gasteiger partial charge on any atom is 0.135 e. The van der Waals surface area contributed by atoms with Crippen LogP contribution in [0.25, 0.3) is 0 Å². The summed E-state index contributed by atoms with van der Waals surface area (Å²) < 4.78 is 0. The van der Waals surface area contributed by atoms with Crippen LogP contribution in [0.4, 0.5) is 0 Å². The summed E-state index contributed by atoms with van der Waals surface area (Å²) in [5.41, 5.74) is 0. The molecule has 1 heteroatoms. The van der Waals surface area contributed by atoms with E-state index in [0.29, 0.717) is 11.7 Å². The predicted molar refractivity (Wildman–Crippen MR) is 57.8 cm³/mol. The molecule has 0 spiro atoms. The first-order valence-electron chi connectivity index (χ1n) is 5.78. The van der Waals surface area contributed by atoms with Gasteiger partial charge in [0.2, 0.25) is 0 Å². The Kier molecular flexibility index (Phi) is 8.07. The third kappa shape index (κ3) is 5.84. The lowest BCUT2D eigenvalue weighted by molar-refractivity contribution is -0.123. The van der Waals surface area contributed by atoms with Gasteiger partial charge >= 0.3 is 0 Å². The third-order valence-corrected chi connectivity index (χ3v) is 2.72. The van der Waals surface area contributed by atoms with E-state index < -0.39 is 0 Å². The molecule has 0 fully saturated rings. The Bertz CT molecular complexity index is 125. The molecule has 78 valence electrons. The largest absolute Gasteiger partial charge is 0.299 e. The summed E-state index contributed by atoms with van der Waals surface area (Å²) in [5.74, 6) is 0.822. The number of ketones is 1. The second-order valence-corrected chi connectivity index (χ2v) is 3.79. The van der Waals surface area contributed by atoms with Gasteiger partial charge in [-0.2, -0.15) is 0 Å². The summed E-state index contributed by atoms with van der Waals surface area (Å²) in [6.45, 7) is 6.42. The zero-order valence-corrected chi connectivity index (χ0v) is 9.44. The molecule has 0 bridgehead atoms. The summed E-state index contributed by atoms with van der Waals surface area (Å²) >= 11 is 0. The van der Waals surface area contributed by atoms with Crippen LogP contribution < -0.4 is 0 Å². The zero-order chi connectivity index (χ0) is 10.1. The Morgan fingerprint density at radius 2 is 1.62 bits per heavy atom. The van der Waals surface area contributed by atoms with E-state index in [-0.39, 0.29) is 0 Å². The Morgan fingerprint density at radius 3 is 2.08 bits per heavy atom. The maximum atomic E-state index is 11.6. The summed E-state index contributed by atoms with van der Waals surface area (Å²) in [7, 11) is 0. The smallest absolute Gasteiger partial charge is 0.135 e. The Balaban J connectivity index is 3.48. The van der Waals surface area contributed by atoms with Crippen LogP contribution in [0.3, 0.4) is 0 Å². The number of carbonyl (C=O) groups is 1. The molecular weight excluding hydrogens is 160 g/mol. The lowest BCUT2D eigenvalue weighted by Gasteiger charge is -2.10. The van der Waals surface area contributed by atoms with Crippen LogP contribution in [0.2, 0.25) is 0 Å². The van der Waals surface area contributed by atoms with Crippen molar-refractivity contribution in [2.45, 2.75) is 65.7 Å². The SMILES string of the molecule is CCCCCCC(=O)C(CC)CC. The van der Waals surface area contributed by atoms with Crippen LogP contribution in [0.15, 0.2) is 0 Å². The number of hydrogen-bond donors (Lipinski definition) is 0. The van der Waals surface area contributed by atoms with Crippen molar-refractivity contribution in [1.29, 1.82) is 0 Å². The molecule has 0 heterocycles. The highest BCUT2D eigenvalue weighted by Gasteiger charge is 2.12. The van der Waals surface area contributed by atoms with Crippen LogP contribution in [-0.4, -0.2) is 5.78 Å². The first kappa shape index (κ1) is 12.7. The lowest BCUT2D eigenvalue weighted by atomic mass is 9.94. The number of Topliss-reactive ketones (excluding diaryl/α,β-unsaturated/α-hetero) is 1. The number of unbranched alkanes of at least 4 members (excludes halogenated alkanes) is 3. The monoisotopic (exact) mass is 184 g/mol. The zero-order valence-electron chi connectivity index (χ0n) is 9.44. The molecule has 13 heavy (non-hydrogen) atoms. The Labute approximate surface area is 82.9 Å². The van der Waals surface area contributed by atoms with E-state index in [1.807, 2.05) is 0 Å². The molecule has 0 aromatic carbocycles. The topological polar surface area (TPSA) is 17.1 Å². The molecule has 1 nitrogen and oxygen atoms in total. The van der Waals surface area contributed by atoms with Gasteiger partial charge in [-0.05, 0) is 19.3 Å². The molecule has 0 saturated heterocycles. The van der Waals surface area contributed by atoms with E-state index in [4.69, 9.17) is 0 Å². The molecule has 0 aromatic heterocycles. The highest BCUT2D eigenvalue weighted by atomic mass is 16.1. The van der Waals surface area contributed by atoms with Gasteiger partial charge < -0.3 is 0 Å². The van der Waals surface area contributed by atoms with Crippen LogP contribution in [0, 0.1) is 5.92 Å². The van der Waals surface area contributed by atoms with Crippen molar-refractivity contribution < 1.29 is 4.79 Å². The van der Waals surface area contributed by atoms with Crippen LogP contribution >= 0.6 is 0 Å². The minimum absolute atomic E-state index is 0.335. The predicted octanol–water partition coefficient (Wildman–Crippen LogP) is 3.96. The van der Waals surface area contributed by atoms with Gasteiger partial charge in [-0.1, -0.05) is 40.0 Å². The van der Waals surface area contributed by atoms with Crippen LogP contribution in [0.1, 0.15) is 65.7 Å². The minimum Gasteiger partial charge on any atom is -0.299 e. The summed E-state index contributed by atoms with van der Waals surface area (Å²) in [4.78, 5) is 11.6. The summed E-state index contributed by atoms with van der Waals surface area (Å²) in [6, 6.07) is 0. The van der Waals surface area contributed by atoms with E-state index in [9.17, 15) is 4.79 Å². The maximum absolute atomic E-state index is 11.6. The van der Waals surface area contributed by atoms with Gasteiger partial charge in [0.1, 0.15) is 5.78 Å². The molecular formula is C12H24O. The van der Waals surface area contributed by atoms with Gasteiger partial charge in [0, 0.05) is 12.3 Å². The molecule has 0 radical (unpaired) electrons. The number of carbonyl (C=O) groups excluding carboxylic acids is 1. The Hall–Kier alpha value is -0.330. The minimum atomic E-state index is 0.335. The van der Waals surface area contributed by atoms with Gasteiger partial charge in [0.25, 0.3) is 0 Å². The highest BCUT2D eigenvalue weighted by Crippen LogP contribution is 2.13. The standard InChI is InChI=1S/C12H24O/c1-4-7-8-9-10-12(13)11(5-2)6-3/h11H,4-10H2,1-3H3. The lowest BCUT2D eigenvalue weighted by Crippen LogP contribution is -2.12. The molecule has 0 unspecified atom stereocenters. The quantitative estimate of drug-likeness (QED) is 0.522. The molecule has 0 saturated carbocycles. The fraction of sp³-hybridized carbons (Fsp3) is 0.917. The second kappa shape index (κ2) is 8.28. The second-order valence-electron chi connectivity index (χ2n) is 3.79. The van der Waals surface area contributed by atoms with E-state index >= 15 is 0 Å². The summed E-state index contributed by atoms with van der Waals surface area (Å²) in [6.07, 6.45) is 7.69. The Morgan fingerprint density at radius 1 is 1.00 bits per heavy atom.